The average molecular weight is 364 g/mol. The topological polar surface area (TPSA) is 113 Å². The molecule has 3 N–H and O–H groups in total. The number of hydrogen-bond acceptors (Lipinski definition) is 7. The Morgan fingerprint density at radius 1 is 0.889 bits per heavy atom. The normalized spacial score (nSPS) is 10.1. The Hall–Kier alpha value is -3.94. The molecule has 0 unspecified atom stereocenters. The van der Waals surface area contributed by atoms with Crippen LogP contribution in [0.1, 0.15) is 20.7 Å². The number of esters is 1. The van der Waals surface area contributed by atoms with Crippen molar-refractivity contribution in [3.63, 3.8) is 0 Å². The largest absolute Gasteiger partial charge is 0.478 e. The molecule has 136 valence electrons. The van der Waals surface area contributed by atoms with Crippen molar-refractivity contribution in [2.75, 3.05) is 17.7 Å². The van der Waals surface area contributed by atoms with E-state index in [0.29, 0.717) is 28.6 Å². The van der Waals surface area contributed by atoms with Crippen LogP contribution < -0.4 is 10.6 Å². The van der Waals surface area contributed by atoms with Crippen LogP contribution in [0.2, 0.25) is 0 Å². The molecule has 3 aromatic rings. The first-order valence-corrected chi connectivity index (χ1v) is 7.94. The molecule has 2 aromatic carbocycles. The number of nitrogens with one attached hydrogen (secondary N) is 2. The van der Waals surface area contributed by atoms with Gasteiger partial charge in [0, 0.05) is 6.07 Å². The number of carboxylic acid groups (broad SMARTS) is 1. The summed E-state index contributed by atoms with van der Waals surface area (Å²) >= 11 is 0. The minimum absolute atomic E-state index is 0.127. The van der Waals surface area contributed by atoms with E-state index >= 15 is 0 Å². The fourth-order valence-corrected chi connectivity index (χ4v) is 2.43. The molecule has 0 saturated carbocycles. The van der Waals surface area contributed by atoms with Gasteiger partial charge in [0.05, 0.1) is 29.6 Å². The molecule has 0 atom stereocenters. The molecular formula is C19H16N4O4. The standard InChI is InChI=1S/C19H16N4O4/c1-27-19(26)13-7-3-5-9-15(13)23-17-10-16(20-11-21-17)22-14-8-4-2-6-12(14)18(24)25/h2-11H,1H3,(H,24,25)(H2,20,21,22,23). The van der Waals surface area contributed by atoms with Gasteiger partial charge in [-0.15, -0.1) is 0 Å². The van der Waals surface area contributed by atoms with E-state index in [2.05, 4.69) is 20.6 Å². The van der Waals surface area contributed by atoms with Crippen molar-refractivity contribution in [1.29, 1.82) is 0 Å². The molecule has 0 amide bonds. The molecule has 0 fully saturated rings. The lowest BCUT2D eigenvalue weighted by Gasteiger charge is -2.12. The summed E-state index contributed by atoms with van der Waals surface area (Å²) < 4.78 is 4.77. The number of aromatic carboxylic acids is 1. The Bertz CT molecular complexity index is 991. The van der Waals surface area contributed by atoms with Gasteiger partial charge in [-0.2, -0.15) is 0 Å². The number of para-hydroxylation sites is 2. The molecule has 1 heterocycles. The Morgan fingerprint density at radius 2 is 1.41 bits per heavy atom. The molecule has 1 aromatic heterocycles. The SMILES string of the molecule is COC(=O)c1ccccc1Nc1cc(Nc2ccccc2C(=O)O)ncn1. The monoisotopic (exact) mass is 364 g/mol. The summed E-state index contributed by atoms with van der Waals surface area (Å²) in [7, 11) is 1.31. The van der Waals surface area contributed by atoms with Crippen LogP contribution in [-0.4, -0.2) is 34.1 Å². The third kappa shape index (κ3) is 4.18. The van der Waals surface area contributed by atoms with Gasteiger partial charge >= 0.3 is 11.9 Å². The maximum absolute atomic E-state index is 11.9. The zero-order valence-electron chi connectivity index (χ0n) is 14.3. The van der Waals surface area contributed by atoms with E-state index in [1.54, 1.807) is 48.5 Å². The van der Waals surface area contributed by atoms with Gasteiger partial charge in [0.1, 0.15) is 18.0 Å². The minimum Gasteiger partial charge on any atom is -0.478 e. The molecule has 0 aliphatic rings. The van der Waals surface area contributed by atoms with Crippen molar-refractivity contribution in [2.24, 2.45) is 0 Å². The summed E-state index contributed by atoms with van der Waals surface area (Å²) in [5.74, 6) is -0.688. The number of hydrogen-bond donors (Lipinski definition) is 3. The lowest BCUT2D eigenvalue weighted by Crippen LogP contribution is -2.07. The molecule has 0 aliphatic heterocycles. The van der Waals surface area contributed by atoms with Crippen LogP contribution in [0.15, 0.2) is 60.9 Å². The molecule has 0 bridgehead atoms. The summed E-state index contributed by atoms with van der Waals surface area (Å²) in [5.41, 5.74) is 1.43. The quantitative estimate of drug-likeness (QED) is 0.570. The van der Waals surface area contributed by atoms with E-state index in [1.165, 1.54) is 19.5 Å². The van der Waals surface area contributed by atoms with Crippen LogP contribution >= 0.6 is 0 Å². The van der Waals surface area contributed by atoms with E-state index in [1.807, 2.05) is 0 Å². The highest BCUT2D eigenvalue weighted by Gasteiger charge is 2.13. The smallest absolute Gasteiger partial charge is 0.339 e. The van der Waals surface area contributed by atoms with Crippen LogP contribution in [-0.2, 0) is 4.74 Å². The summed E-state index contributed by atoms with van der Waals surface area (Å²) in [6.45, 7) is 0. The molecule has 0 radical (unpaired) electrons. The molecule has 27 heavy (non-hydrogen) atoms. The highest BCUT2D eigenvalue weighted by Crippen LogP contribution is 2.24. The van der Waals surface area contributed by atoms with E-state index < -0.39 is 11.9 Å². The summed E-state index contributed by atoms with van der Waals surface area (Å²) in [6.07, 6.45) is 1.33. The number of carboxylic acids is 1. The third-order valence-corrected chi connectivity index (χ3v) is 3.68. The highest BCUT2D eigenvalue weighted by molar-refractivity contribution is 5.96. The molecule has 3 rings (SSSR count). The zero-order valence-corrected chi connectivity index (χ0v) is 14.3. The Balaban J connectivity index is 1.86. The van der Waals surface area contributed by atoms with Crippen LogP contribution in [0.4, 0.5) is 23.0 Å². The Kier molecular flexibility index (Phi) is 5.27. The second kappa shape index (κ2) is 7.96. The molecule has 8 nitrogen and oxygen atoms in total. The van der Waals surface area contributed by atoms with Crippen molar-refractivity contribution >= 4 is 34.9 Å². The number of benzene rings is 2. The second-order valence-corrected chi connectivity index (χ2v) is 5.43. The maximum atomic E-state index is 11.9. The number of nitrogens with zero attached hydrogens (tertiary/aromatic N) is 2. The van der Waals surface area contributed by atoms with Gasteiger partial charge in [0.2, 0.25) is 0 Å². The number of rotatable bonds is 6. The summed E-state index contributed by atoms with van der Waals surface area (Å²) in [4.78, 5) is 31.4. The van der Waals surface area contributed by atoms with Gasteiger partial charge in [-0.1, -0.05) is 24.3 Å². The lowest BCUT2D eigenvalue weighted by molar-refractivity contribution is 0.0601. The number of carbonyl (C=O) groups excluding carboxylic acids is 1. The van der Waals surface area contributed by atoms with Crippen molar-refractivity contribution in [3.05, 3.63) is 72.1 Å². The van der Waals surface area contributed by atoms with Crippen LogP contribution in [0, 0.1) is 0 Å². The van der Waals surface area contributed by atoms with Crippen molar-refractivity contribution in [1.82, 2.24) is 9.97 Å². The summed E-state index contributed by atoms with van der Waals surface area (Å²) in [5, 5.41) is 15.3. The van der Waals surface area contributed by atoms with Crippen LogP contribution in [0.25, 0.3) is 0 Å². The van der Waals surface area contributed by atoms with E-state index in [0.717, 1.165) is 0 Å². The van der Waals surface area contributed by atoms with E-state index in [9.17, 15) is 14.7 Å². The number of aromatic nitrogens is 2. The summed E-state index contributed by atoms with van der Waals surface area (Å²) in [6, 6.07) is 15.0. The maximum Gasteiger partial charge on any atom is 0.339 e. The van der Waals surface area contributed by atoms with E-state index in [4.69, 9.17) is 4.74 Å². The third-order valence-electron chi connectivity index (χ3n) is 3.68. The van der Waals surface area contributed by atoms with Crippen LogP contribution in [0.5, 0.6) is 0 Å². The van der Waals surface area contributed by atoms with Gasteiger partial charge in [0.25, 0.3) is 0 Å². The van der Waals surface area contributed by atoms with Crippen molar-refractivity contribution in [3.8, 4) is 0 Å². The first kappa shape index (κ1) is 17.9. The van der Waals surface area contributed by atoms with Crippen molar-refractivity contribution < 1.29 is 19.4 Å². The number of carbonyl (C=O) groups is 2. The molecule has 0 aliphatic carbocycles. The predicted molar refractivity (Wildman–Crippen MR) is 99.8 cm³/mol. The van der Waals surface area contributed by atoms with Gasteiger partial charge in [-0.25, -0.2) is 19.6 Å². The first-order valence-electron chi connectivity index (χ1n) is 7.94. The highest BCUT2D eigenvalue weighted by atomic mass is 16.5. The second-order valence-electron chi connectivity index (χ2n) is 5.43. The van der Waals surface area contributed by atoms with Gasteiger partial charge < -0.3 is 20.5 Å². The average Bonchev–Trinajstić information content (AvgIpc) is 2.68. The van der Waals surface area contributed by atoms with Crippen LogP contribution in [0.3, 0.4) is 0 Å². The first-order chi connectivity index (χ1) is 13.1. The fourth-order valence-electron chi connectivity index (χ4n) is 2.43. The number of ether oxygens (including phenoxy) is 1. The fraction of sp³-hybridized carbons (Fsp3) is 0.0526. The van der Waals surface area contributed by atoms with Gasteiger partial charge in [0.15, 0.2) is 0 Å². The van der Waals surface area contributed by atoms with E-state index in [-0.39, 0.29) is 5.56 Å². The Morgan fingerprint density at radius 3 is 1.96 bits per heavy atom. The number of anilines is 4. The lowest BCUT2D eigenvalue weighted by atomic mass is 10.1. The molecule has 0 spiro atoms. The zero-order chi connectivity index (χ0) is 19.2. The Labute approximate surface area is 154 Å². The predicted octanol–water partition coefficient (Wildman–Crippen LogP) is 3.45. The van der Waals surface area contributed by atoms with Crippen molar-refractivity contribution in [2.45, 2.75) is 0 Å². The molecule has 0 saturated heterocycles. The molecular weight excluding hydrogens is 348 g/mol. The van der Waals surface area contributed by atoms with Gasteiger partial charge in [-0.05, 0) is 24.3 Å². The van der Waals surface area contributed by atoms with Gasteiger partial charge in [-0.3, -0.25) is 0 Å². The molecule has 8 heteroatoms. The number of methoxy groups -OCH3 is 1. The minimum atomic E-state index is -1.04.